The predicted molar refractivity (Wildman–Crippen MR) is 53.3 cm³/mol. The maximum Gasteiger partial charge on any atom is 0.104 e. The van der Waals surface area contributed by atoms with Crippen LogP contribution in [0.4, 0.5) is 0 Å². The van der Waals surface area contributed by atoms with Gasteiger partial charge in [-0.25, -0.2) is 0 Å². The van der Waals surface area contributed by atoms with Crippen molar-refractivity contribution < 1.29 is 9.84 Å². The lowest BCUT2D eigenvalue weighted by Gasteiger charge is -2.43. The Kier molecular flexibility index (Phi) is 2.76. The monoisotopic (exact) mass is 186 g/mol. The highest BCUT2D eigenvalue weighted by molar-refractivity contribution is 6.15. The average Bonchev–Trinajstić information content (AvgIpc) is 2.06. The summed E-state index contributed by atoms with van der Waals surface area (Å²) in [6, 6.07) is 0. The normalized spacial score (nSPS) is 35.8. The number of ether oxygens (including phenoxy) is 1. The molecule has 0 radical (unpaired) electrons. The van der Waals surface area contributed by atoms with Crippen molar-refractivity contribution in [3.63, 3.8) is 0 Å². The van der Waals surface area contributed by atoms with Gasteiger partial charge in [0.25, 0.3) is 0 Å². The van der Waals surface area contributed by atoms with Crippen molar-refractivity contribution >= 4 is 10.2 Å². The Morgan fingerprint density at radius 3 is 2.75 bits per heavy atom. The molecule has 0 bridgehead atoms. The molecule has 1 aliphatic rings. The minimum Gasteiger partial charge on any atom is -0.383 e. The van der Waals surface area contributed by atoms with Crippen LogP contribution in [0.1, 0.15) is 26.2 Å². The molecule has 0 spiro atoms. The summed E-state index contributed by atoms with van der Waals surface area (Å²) in [6.45, 7) is 6.22. The zero-order chi connectivity index (χ0) is 9.24. The third-order valence-corrected chi connectivity index (χ3v) is 4.74. The van der Waals surface area contributed by atoms with Crippen molar-refractivity contribution in [1.82, 2.24) is 0 Å². The van der Waals surface area contributed by atoms with Crippen LogP contribution in [-0.4, -0.2) is 32.8 Å². The molecular weight excluding hydrogens is 168 g/mol. The smallest absolute Gasteiger partial charge is 0.104 e. The molecule has 1 N–H and O–H groups in total. The number of hydrogen-bond donors (Lipinski definition) is 1. The van der Waals surface area contributed by atoms with Crippen molar-refractivity contribution in [2.45, 2.75) is 37.0 Å². The van der Waals surface area contributed by atoms with Crippen molar-refractivity contribution in [2.75, 3.05) is 6.61 Å². The van der Waals surface area contributed by atoms with E-state index < -0.39 is 5.60 Å². The summed E-state index contributed by atoms with van der Waals surface area (Å²) < 4.78 is 5.66. The second-order valence-corrected chi connectivity index (χ2v) is 5.50. The molecule has 1 aliphatic heterocycles. The van der Waals surface area contributed by atoms with E-state index in [0.717, 1.165) is 36.1 Å². The van der Waals surface area contributed by atoms with E-state index in [9.17, 15) is 5.11 Å². The van der Waals surface area contributed by atoms with E-state index >= 15 is 0 Å². The van der Waals surface area contributed by atoms with Gasteiger partial charge in [0.05, 0.1) is 5.22 Å². The van der Waals surface area contributed by atoms with Crippen LogP contribution in [0.3, 0.4) is 0 Å². The molecule has 0 aromatic carbocycles. The van der Waals surface area contributed by atoms with Crippen LogP contribution in [0.5, 0.6) is 0 Å². The first-order valence-electron chi connectivity index (χ1n) is 4.52. The fraction of sp³-hybridized carbons (Fsp3) is 0.778. The Morgan fingerprint density at radius 2 is 2.33 bits per heavy atom. The molecule has 12 heavy (non-hydrogen) atoms. The van der Waals surface area contributed by atoms with E-state index in [0.29, 0.717) is 0 Å². The average molecular weight is 186 g/mol. The molecule has 3 heteroatoms. The van der Waals surface area contributed by atoms with Gasteiger partial charge in [-0.05, 0) is 26.2 Å². The third kappa shape index (κ3) is 1.63. The molecule has 0 amide bonds. The molecular formula is C9H18O2Si. The van der Waals surface area contributed by atoms with E-state index in [1.807, 2.05) is 0 Å². The standard InChI is InChI=1S/C9H18O2Si/c1-3-8(2,10)9(12)6-4-5-7-11-9/h3,10H,1,4-7H2,2,12H3. The van der Waals surface area contributed by atoms with Crippen LogP contribution in [-0.2, 0) is 4.74 Å². The van der Waals surface area contributed by atoms with Gasteiger partial charge < -0.3 is 9.84 Å². The summed E-state index contributed by atoms with van der Waals surface area (Å²) in [7, 11) is 0.855. The summed E-state index contributed by atoms with van der Waals surface area (Å²) in [5.41, 5.74) is -0.848. The topological polar surface area (TPSA) is 29.5 Å². The first-order chi connectivity index (χ1) is 5.52. The molecule has 0 aromatic rings. The van der Waals surface area contributed by atoms with Gasteiger partial charge in [0, 0.05) is 16.8 Å². The molecule has 1 fully saturated rings. The third-order valence-electron chi connectivity index (χ3n) is 2.94. The highest BCUT2D eigenvalue weighted by Gasteiger charge is 2.42. The summed E-state index contributed by atoms with van der Waals surface area (Å²) in [6.07, 6.45) is 4.86. The number of hydrogen-bond acceptors (Lipinski definition) is 2. The molecule has 1 saturated heterocycles. The van der Waals surface area contributed by atoms with Crippen molar-refractivity contribution in [1.29, 1.82) is 0 Å². The SMILES string of the molecule is C=CC(C)(O)C1([SiH3])CCCCO1. The van der Waals surface area contributed by atoms with Crippen LogP contribution in [0.15, 0.2) is 12.7 Å². The first-order valence-corrected chi connectivity index (χ1v) is 5.52. The van der Waals surface area contributed by atoms with Gasteiger partial charge in [-0.1, -0.05) is 6.08 Å². The van der Waals surface area contributed by atoms with Crippen LogP contribution in [0.2, 0.25) is 0 Å². The lowest BCUT2D eigenvalue weighted by atomic mass is 9.92. The summed E-state index contributed by atoms with van der Waals surface area (Å²) in [4.78, 5) is 0. The van der Waals surface area contributed by atoms with Gasteiger partial charge in [-0.3, -0.25) is 0 Å². The van der Waals surface area contributed by atoms with Gasteiger partial charge in [0.2, 0.25) is 0 Å². The van der Waals surface area contributed by atoms with E-state index in [1.54, 1.807) is 13.0 Å². The quantitative estimate of drug-likeness (QED) is 0.493. The zero-order valence-electron chi connectivity index (χ0n) is 7.97. The molecule has 1 rings (SSSR count). The van der Waals surface area contributed by atoms with Crippen LogP contribution < -0.4 is 0 Å². The van der Waals surface area contributed by atoms with E-state index in [1.165, 1.54) is 0 Å². The summed E-state index contributed by atoms with van der Waals surface area (Å²) in [5, 5.41) is 9.70. The highest BCUT2D eigenvalue weighted by atomic mass is 28.1. The maximum absolute atomic E-state index is 10.00. The van der Waals surface area contributed by atoms with Gasteiger partial charge >= 0.3 is 0 Å². The lowest BCUT2D eigenvalue weighted by Crippen LogP contribution is -2.55. The minimum atomic E-state index is -0.848. The van der Waals surface area contributed by atoms with Crippen molar-refractivity contribution in [3.8, 4) is 0 Å². The molecule has 0 saturated carbocycles. The van der Waals surface area contributed by atoms with Gasteiger partial charge in [-0.2, -0.15) is 0 Å². The predicted octanol–water partition coefficient (Wildman–Crippen LogP) is 0.186. The second kappa shape index (κ2) is 3.32. The van der Waals surface area contributed by atoms with Crippen LogP contribution in [0.25, 0.3) is 0 Å². The number of rotatable bonds is 2. The van der Waals surface area contributed by atoms with Gasteiger partial charge in [-0.15, -0.1) is 6.58 Å². The highest BCUT2D eigenvalue weighted by Crippen LogP contribution is 2.32. The molecule has 70 valence electrons. The molecule has 0 aliphatic carbocycles. The molecule has 2 unspecified atom stereocenters. The molecule has 2 nitrogen and oxygen atoms in total. The van der Waals surface area contributed by atoms with Crippen LogP contribution >= 0.6 is 0 Å². The summed E-state index contributed by atoms with van der Waals surface area (Å²) >= 11 is 0. The Bertz CT molecular complexity index is 171. The Balaban J connectivity index is 2.74. The maximum atomic E-state index is 10.00. The Hall–Kier alpha value is -0.123. The van der Waals surface area contributed by atoms with Crippen molar-refractivity contribution in [2.24, 2.45) is 0 Å². The lowest BCUT2D eigenvalue weighted by molar-refractivity contribution is -0.122. The van der Waals surface area contributed by atoms with E-state index in [4.69, 9.17) is 4.74 Å². The fourth-order valence-corrected chi connectivity index (χ4v) is 2.31. The molecule has 2 atom stereocenters. The molecule has 1 heterocycles. The minimum absolute atomic E-state index is 0.299. The zero-order valence-corrected chi connectivity index (χ0v) is 9.97. The summed E-state index contributed by atoms with van der Waals surface area (Å²) in [5.74, 6) is 0. The van der Waals surface area contributed by atoms with E-state index in [2.05, 4.69) is 6.58 Å². The molecule has 0 aromatic heterocycles. The number of aliphatic hydroxyl groups is 1. The first kappa shape index (κ1) is 9.96. The fourth-order valence-electron chi connectivity index (χ4n) is 1.55. The Morgan fingerprint density at radius 1 is 1.67 bits per heavy atom. The van der Waals surface area contributed by atoms with Gasteiger partial charge in [0.15, 0.2) is 0 Å². The van der Waals surface area contributed by atoms with Crippen molar-refractivity contribution in [3.05, 3.63) is 12.7 Å². The Labute approximate surface area is 77.0 Å². The van der Waals surface area contributed by atoms with Gasteiger partial charge in [0.1, 0.15) is 5.60 Å². The van der Waals surface area contributed by atoms with E-state index in [-0.39, 0.29) is 5.22 Å². The largest absolute Gasteiger partial charge is 0.383 e. The second-order valence-electron chi connectivity index (χ2n) is 3.89. The van der Waals surface area contributed by atoms with Crippen LogP contribution in [0, 0.1) is 0 Å².